The summed E-state index contributed by atoms with van der Waals surface area (Å²) in [4.78, 5) is 38.0. The van der Waals surface area contributed by atoms with Crippen LogP contribution in [0.15, 0.2) is 0 Å². The highest BCUT2D eigenvalue weighted by Crippen LogP contribution is 2.21. The number of hydrogen-bond acceptors (Lipinski definition) is 6. The van der Waals surface area contributed by atoms with Gasteiger partial charge in [0, 0.05) is 6.54 Å². The van der Waals surface area contributed by atoms with Crippen LogP contribution in [0.3, 0.4) is 0 Å². The maximum Gasteiger partial charge on any atom is 0.407 e. The molecule has 8 nitrogen and oxygen atoms in total. The molecule has 1 aliphatic rings. The largest absolute Gasteiger partial charge is 0.467 e. The molecule has 1 heterocycles. The van der Waals surface area contributed by atoms with Gasteiger partial charge >= 0.3 is 12.1 Å². The summed E-state index contributed by atoms with van der Waals surface area (Å²) in [7, 11) is 1.27. The summed E-state index contributed by atoms with van der Waals surface area (Å²) in [6, 6.07) is -1.50. The SMILES string of the molecule is COC(=O)[C@@H]1CCCN1C(=O)[C@H](O)[C@H](CC(C)C)NC(=O)OC(C)(C)C. The Balaban J connectivity index is 2.87. The topological polar surface area (TPSA) is 105 Å². The number of carbonyl (C=O) groups is 3. The Morgan fingerprint density at radius 1 is 1.27 bits per heavy atom. The number of aliphatic hydroxyl groups is 1. The summed E-state index contributed by atoms with van der Waals surface area (Å²) in [5, 5.41) is 13.2. The fourth-order valence-corrected chi connectivity index (χ4v) is 2.99. The number of alkyl carbamates (subject to hydrolysis) is 1. The molecule has 3 atom stereocenters. The van der Waals surface area contributed by atoms with E-state index in [0.29, 0.717) is 25.8 Å². The van der Waals surface area contributed by atoms with Crippen LogP contribution in [-0.2, 0) is 19.1 Å². The Labute approximate surface area is 155 Å². The Hall–Kier alpha value is -1.83. The van der Waals surface area contributed by atoms with Gasteiger partial charge < -0.3 is 24.8 Å². The summed E-state index contributed by atoms with van der Waals surface area (Å²) >= 11 is 0. The van der Waals surface area contributed by atoms with Gasteiger partial charge in [0.05, 0.1) is 13.2 Å². The van der Waals surface area contributed by atoms with E-state index in [0.717, 1.165) is 0 Å². The smallest absolute Gasteiger partial charge is 0.407 e. The lowest BCUT2D eigenvalue weighted by Gasteiger charge is -2.31. The van der Waals surface area contributed by atoms with Crippen LogP contribution in [0.2, 0.25) is 0 Å². The summed E-state index contributed by atoms with van der Waals surface area (Å²) < 4.78 is 9.96. The molecule has 0 aromatic carbocycles. The fourth-order valence-electron chi connectivity index (χ4n) is 2.99. The molecular weight excluding hydrogens is 340 g/mol. The molecule has 1 fully saturated rings. The van der Waals surface area contributed by atoms with Gasteiger partial charge in [-0.1, -0.05) is 13.8 Å². The van der Waals surface area contributed by atoms with Crippen molar-refractivity contribution in [1.29, 1.82) is 0 Å². The Kier molecular flexibility index (Phi) is 7.87. The lowest BCUT2D eigenvalue weighted by molar-refractivity contribution is -0.154. The van der Waals surface area contributed by atoms with Crippen LogP contribution in [0.4, 0.5) is 4.79 Å². The minimum Gasteiger partial charge on any atom is -0.467 e. The number of esters is 1. The summed E-state index contributed by atoms with van der Waals surface area (Å²) in [6.07, 6.45) is -0.606. The number of carbonyl (C=O) groups excluding carboxylic acids is 3. The van der Waals surface area contributed by atoms with Crippen LogP contribution in [-0.4, -0.2) is 65.4 Å². The second kappa shape index (κ2) is 9.21. The first-order valence-electron chi connectivity index (χ1n) is 9.02. The van der Waals surface area contributed by atoms with E-state index in [4.69, 9.17) is 9.47 Å². The first-order chi connectivity index (χ1) is 12.0. The minimum absolute atomic E-state index is 0.132. The van der Waals surface area contributed by atoms with Gasteiger partial charge in [-0.3, -0.25) is 4.79 Å². The number of amides is 2. The molecule has 0 radical (unpaired) electrons. The van der Waals surface area contributed by atoms with Crippen molar-refractivity contribution in [3.8, 4) is 0 Å². The lowest BCUT2D eigenvalue weighted by Crippen LogP contribution is -2.54. The highest BCUT2D eigenvalue weighted by molar-refractivity contribution is 5.88. The normalized spacial score (nSPS) is 19.8. The number of nitrogens with one attached hydrogen (secondary N) is 1. The average Bonchev–Trinajstić information content (AvgIpc) is 2.99. The number of ether oxygens (including phenoxy) is 2. The Bertz CT molecular complexity index is 514. The van der Waals surface area contributed by atoms with Gasteiger partial charge in [0.15, 0.2) is 6.10 Å². The van der Waals surface area contributed by atoms with Crippen LogP contribution in [0.5, 0.6) is 0 Å². The highest BCUT2D eigenvalue weighted by Gasteiger charge is 2.40. The molecule has 0 unspecified atom stereocenters. The number of likely N-dealkylation sites (tertiary alicyclic amines) is 1. The van der Waals surface area contributed by atoms with Crippen LogP contribution in [0.1, 0.15) is 53.9 Å². The van der Waals surface area contributed by atoms with Gasteiger partial charge in [0.1, 0.15) is 11.6 Å². The summed E-state index contributed by atoms with van der Waals surface area (Å²) in [6.45, 7) is 9.42. The van der Waals surface area contributed by atoms with Crippen LogP contribution < -0.4 is 5.32 Å². The molecule has 150 valence electrons. The van der Waals surface area contributed by atoms with E-state index >= 15 is 0 Å². The van der Waals surface area contributed by atoms with E-state index in [2.05, 4.69) is 5.32 Å². The van der Waals surface area contributed by atoms with E-state index in [-0.39, 0.29) is 5.92 Å². The second-order valence-electron chi connectivity index (χ2n) is 8.04. The maximum atomic E-state index is 12.7. The molecule has 0 aliphatic carbocycles. The molecular formula is C18H32N2O6. The molecule has 8 heteroatoms. The van der Waals surface area contributed by atoms with Crippen molar-refractivity contribution >= 4 is 18.0 Å². The van der Waals surface area contributed by atoms with Crippen molar-refractivity contribution in [2.45, 2.75) is 77.7 Å². The molecule has 26 heavy (non-hydrogen) atoms. The van der Waals surface area contributed by atoms with E-state index in [1.165, 1.54) is 12.0 Å². The highest BCUT2D eigenvalue weighted by atomic mass is 16.6. The van der Waals surface area contributed by atoms with E-state index < -0.39 is 41.8 Å². The number of rotatable bonds is 6. The van der Waals surface area contributed by atoms with Crippen molar-refractivity contribution in [3.63, 3.8) is 0 Å². The zero-order chi connectivity index (χ0) is 20.1. The van der Waals surface area contributed by atoms with Crippen molar-refractivity contribution in [3.05, 3.63) is 0 Å². The lowest BCUT2D eigenvalue weighted by atomic mass is 9.98. The summed E-state index contributed by atoms with van der Waals surface area (Å²) in [5.41, 5.74) is -0.688. The zero-order valence-electron chi connectivity index (χ0n) is 16.6. The van der Waals surface area contributed by atoms with Gasteiger partial charge in [-0.2, -0.15) is 0 Å². The van der Waals surface area contributed by atoms with Gasteiger partial charge in [-0.15, -0.1) is 0 Å². The van der Waals surface area contributed by atoms with Crippen LogP contribution in [0.25, 0.3) is 0 Å². The third-order valence-electron chi connectivity index (χ3n) is 4.07. The Morgan fingerprint density at radius 3 is 2.38 bits per heavy atom. The predicted molar refractivity (Wildman–Crippen MR) is 95.4 cm³/mol. The van der Waals surface area contributed by atoms with Crippen molar-refractivity contribution in [2.24, 2.45) is 5.92 Å². The first-order valence-corrected chi connectivity index (χ1v) is 9.02. The molecule has 0 aromatic heterocycles. The molecule has 1 rings (SSSR count). The number of aliphatic hydroxyl groups excluding tert-OH is 1. The predicted octanol–water partition coefficient (Wildman–Crippen LogP) is 1.45. The first kappa shape index (κ1) is 22.2. The summed E-state index contributed by atoms with van der Waals surface area (Å²) in [5.74, 6) is -0.949. The van der Waals surface area contributed by atoms with Gasteiger partial charge in [0.2, 0.25) is 0 Å². The molecule has 1 saturated heterocycles. The fraction of sp³-hybridized carbons (Fsp3) is 0.833. The molecule has 0 aromatic rings. The van der Waals surface area contributed by atoms with E-state index in [1.807, 2.05) is 13.8 Å². The van der Waals surface area contributed by atoms with E-state index in [1.54, 1.807) is 20.8 Å². The number of methoxy groups -OCH3 is 1. The minimum atomic E-state index is -1.46. The van der Waals surface area contributed by atoms with Crippen LogP contribution >= 0.6 is 0 Å². The molecule has 1 aliphatic heterocycles. The zero-order valence-corrected chi connectivity index (χ0v) is 16.6. The standard InChI is InChI=1S/C18H32N2O6/c1-11(2)10-12(19-17(24)26-18(3,4)5)14(21)15(22)20-9-7-8-13(20)16(23)25-6/h11-14,21H,7-10H2,1-6H3,(H,19,24)/t12-,13-,14+/m0/s1. The molecule has 2 N–H and O–H groups in total. The van der Waals surface area contributed by atoms with Crippen molar-refractivity contribution in [1.82, 2.24) is 10.2 Å². The number of nitrogens with zero attached hydrogens (tertiary/aromatic N) is 1. The quantitative estimate of drug-likeness (QED) is 0.684. The Morgan fingerprint density at radius 2 is 1.88 bits per heavy atom. The maximum absolute atomic E-state index is 12.7. The average molecular weight is 372 g/mol. The van der Waals surface area contributed by atoms with Gasteiger partial charge in [-0.25, -0.2) is 9.59 Å². The van der Waals surface area contributed by atoms with Crippen molar-refractivity contribution in [2.75, 3.05) is 13.7 Å². The van der Waals surface area contributed by atoms with Crippen LogP contribution in [0, 0.1) is 5.92 Å². The monoisotopic (exact) mass is 372 g/mol. The molecule has 0 saturated carbocycles. The third-order valence-corrected chi connectivity index (χ3v) is 4.07. The van der Waals surface area contributed by atoms with Gasteiger partial charge in [0.25, 0.3) is 5.91 Å². The van der Waals surface area contributed by atoms with Crippen molar-refractivity contribution < 1.29 is 29.0 Å². The second-order valence-corrected chi connectivity index (χ2v) is 8.04. The molecule has 0 spiro atoms. The third kappa shape index (κ3) is 6.48. The van der Waals surface area contributed by atoms with Gasteiger partial charge in [-0.05, 0) is 46.0 Å². The number of hydrogen-bond donors (Lipinski definition) is 2. The van der Waals surface area contributed by atoms with E-state index in [9.17, 15) is 19.5 Å². The molecule has 0 bridgehead atoms. The molecule has 2 amide bonds.